The van der Waals surface area contributed by atoms with E-state index in [1.807, 2.05) is 6.07 Å². The monoisotopic (exact) mass is 631 g/mol. The quantitative estimate of drug-likeness (QED) is 0.379. The molecule has 2 aliphatic rings. The van der Waals surface area contributed by atoms with Crippen LogP contribution in [0.15, 0.2) is 36.9 Å². The van der Waals surface area contributed by atoms with E-state index in [9.17, 15) is 31.1 Å². The molecule has 0 amide bonds. The van der Waals surface area contributed by atoms with Crippen LogP contribution >= 0.6 is 11.6 Å². The SMILES string of the molecule is C[C@]1(O)CCN(Cc2ccc(-n3cnc(-c4nc(NC5CCN(S(C)(=O)=O)CC5F)ncc4C(F)(F)F)c3)c(Cl)c2)C1. The van der Waals surface area contributed by atoms with Crippen LogP contribution in [0.2, 0.25) is 5.02 Å². The molecule has 4 heterocycles. The molecule has 2 N–H and O–H groups in total. The van der Waals surface area contributed by atoms with Gasteiger partial charge in [0.25, 0.3) is 0 Å². The number of imidazole rings is 1. The second-order valence-corrected chi connectivity index (χ2v) is 13.4. The summed E-state index contributed by atoms with van der Waals surface area (Å²) >= 11 is 6.54. The van der Waals surface area contributed by atoms with Gasteiger partial charge in [-0.2, -0.15) is 17.5 Å². The third-order valence-corrected chi connectivity index (χ3v) is 9.01. The van der Waals surface area contributed by atoms with Crippen molar-refractivity contribution in [3.05, 3.63) is 53.1 Å². The minimum absolute atomic E-state index is 0.0488. The predicted octanol–water partition coefficient (Wildman–Crippen LogP) is 3.74. The number of likely N-dealkylation sites (tertiary alicyclic amines) is 1. The number of rotatable bonds is 7. The Morgan fingerprint density at radius 3 is 2.62 bits per heavy atom. The number of aromatic nitrogens is 4. The highest BCUT2D eigenvalue weighted by Crippen LogP contribution is 2.36. The summed E-state index contributed by atoms with van der Waals surface area (Å²) in [6.07, 6.45) is -1.38. The lowest BCUT2D eigenvalue weighted by molar-refractivity contribution is -0.137. The first-order valence-corrected chi connectivity index (χ1v) is 15.4. The summed E-state index contributed by atoms with van der Waals surface area (Å²) in [6.45, 7) is 3.34. The van der Waals surface area contributed by atoms with Crippen molar-refractivity contribution in [1.82, 2.24) is 28.7 Å². The Morgan fingerprint density at radius 2 is 2.00 bits per heavy atom. The maximum atomic E-state index is 14.8. The molecule has 2 unspecified atom stereocenters. The first-order chi connectivity index (χ1) is 19.6. The van der Waals surface area contributed by atoms with E-state index in [-0.39, 0.29) is 31.2 Å². The summed E-state index contributed by atoms with van der Waals surface area (Å²) in [5.41, 5.74) is -1.04. The van der Waals surface area contributed by atoms with Crippen molar-refractivity contribution in [2.24, 2.45) is 0 Å². The predicted molar refractivity (Wildman–Crippen MR) is 148 cm³/mol. The molecule has 0 spiro atoms. The highest BCUT2D eigenvalue weighted by molar-refractivity contribution is 7.88. The van der Waals surface area contributed by atoms with Gasteiger partial charge < -0.3 is 15.0 Å². The van der Waals surface area contributed by atoms with Gasteiger partial charge in [-0.05, 0) is 37.5 Å². The number of hydrogen-bond donors (Lipinski definition) is 2. The van der Waals surface area contributed by atoms with Crippen LogP contribution < -0.4 is 5.32 Å². The topological polar surface area (TPSA) is 116 Å². The zero-order chi connectivity index (χ0) is 30.4. The fraction of sp³-hybridized carbons (Fsp3) is 0.500. The number of nitrogens with one attached hydrogen (secondary N) is 1. The standard InChI is InChI=1S/C26H30ClF4N7O3S/c1-25(39)6-8-36(14-25)11-16-3-4-22(18(27)9-16)37-13-21(33-15-37)23-17(26(29,30)31)10-32-24(35-23)34-20-5-7-38(12-19(20)28)42(2,40)41/h3-4,9-10,13,15,19-20,39H,5-8,11-12,14H2,1-2H3,(H,32,34,35)/t19?,20?,25-/m0/s1. The summed E-state index contributed by atoms with van der Waals surface area (Å²) in [5, 5.41) is 13.3. The summed E-state index contributed by atoms with van der Waals surface area (Å²) in [5.74, 6) is -0.240. The van der Waals surface area contributed by atoms with Crippen molar-refractivity contribution in [3.63, 3.8) is 0 Å². The van der Waals surface area contributed by atoms with Gasteiger partial charge in [0.1, 0.15) is 29.5 Å². The molecule has 1 aromatic carbocycles. The number of nitrogens with zero attached hydrogens (tertiary/aromatic N) is 6. The number of aliphatic hydroxyl groups is 1. The van der Waals surface area contributed by atoms with Gasteiger partial charge >= 0.3 is 6.18 Å². The van der Waals surface area contributed by atoms with Crippen molar-refractivity contribution in [2.45, 2.75) is 50.3 Å². The van der Waals surface area contributed by atoms with Crippen molar-refractivity contribution in [2.75, 3.05) is 37.8 Å². The fourth-order valence-corrected chi connectivity index (χ4v) is 6.38. The van der Waals surface area contributed by atoms with Gasteiger partial charge in [-0.3, -0.25) is 4.90 Å². The summed E-state index contributed by atoms with van der Waals surface area (Å²) < 4.78 is 82.4. The molecule has 0 bridgehead atoms. The highest BCUT2D eigenvalue weighted by atomic mass is 35.5. The van der Waals surface area contributed by atoms with Crippen molar-refractivity contribution < 1.29 is 31.1 Å². The molecule has 0 aliphatic carbocycles. The molecule has 42 heavy (non-hydrogen) atoms. The number of β-amino-alcohol motifs (C(OH)–C–C–N with tert-alkyl or cyclic N) is 1. The van der Waals surface area contributed by atoms with E-state index >= 15 is 0 Å². The lowest BCUT2D eigenvalue weighted by atomic mass is 10.1. The third-order valence-electron chi connectivity index (χ3n) is 7.43. The number of alkyl halides is 4. The number of halogens is 5. The average Bonchev–Trinajstić information content (AvgIpc) is 3.50. The number of hydrogen-bond acceptors (Lipinski definition) is 8. The van der Waals surface area contributed by atoms with Gasteiger partial charge in [-0.15, -0.1) is 0 Å². The second-order valence-electron chi connectivity index (χ2n) is 11.0. The van der Waals surface area contributed by atoms with E-state index < -0.39 is 45.3 Å². The zero-order valence-electron chi connectivity index (χ0n) is 22.8. The van der Waals surface area contributed by atoms with E-state index in [4.69, 9.17) is 11.6 Å². The number of piperidine rings is 1. The Hall–Kier alpha value is -2.85. The van der Waals surface area contributed by atoms with Crippen LogP contribution in [0.5, 0.6) is 0 Å². The van der Waals surface area contributed by atoms with Gasteiger partial charge in [0, 0.05) is 45.1 Å². The van der Waals surface area contributed by atoms with Gasteiger partial charge in [0.15, 0.2) is 0 Å². The van der Waals surface area contributed by atoms with Crippen LogP contribution in [0.3, 0.4) is 0 Å². The maximum Gasteiger partial charge on any atom is 0.420 e. The molecule has 2 aromatic heterocycles. The van der Waals surface area contributed by atoms with E-state index in [1.165, 1.54) is 17.1 Å². The van der Waals surface area contributed by atoms with E-state index in [2.05, 4.69) is 25.2 Å². The molecule has 2 aliphatic heterocycles. The largest absolute Gasteiger partial charge is 0.420 e. The number of sulfonamides is 1. The normalized spacial score (nSPS) is 24.3. The molecule has 16 heteroatoms. The molecule has 2 saturated heterocycles. The molecule has 0 saturated carbocycles. The fourth-order valence-electron chi connectivity index (χ4n) is 5.23. The molecule has 2 fully saturated rings. The lowest BCUT2D eigenvalue weighted by Gasteiger charge is -2.33. The minimum atomic E-state index is -4.79. The molecular formula is C26H30ClF4N7O3S. The van der Waals surface area contributed by atoms with Gasteiger partial charge in [0.2, 0.25) is 16.0 Å². The van der Waals surface area contributed by atoms with Crippen LogP contribution in [0.4, 0.5) is 23.5 Å². The van der Waals surface area contributed by atoms with Gasteiger partial charge in [-0.1, -0.05) is 17.7 Å². The summed E-state index contributed by atoms with van der Waals surface area (Å²) in [7, 11) is -3.58. The zero-order valence-corrected chi connectivity index (χ0v) is 24.4. The van der Waals surface area contributed by atoms with Crippen molar-refractivity contribution >= 4 is 27.6 Å². The van der Waals surface area contributed by atoms with Crippen LogP contribution in [0, 0.1) is 0 Å². The first kappa shape index (κ1) is 30.6. The second kappa shape index (κ2) is 11.3. The maximum absolute atomic E-state index is 14.8. The van der Waals surface area contributed by atoms with E-state index in [0.717, 1.165) is 22.7 Å². The number of benzene rings is 1. The van der Waals surface area contributed by atoms with Crippen LogP contribution in [-0.2, 0) is 22.7 Å². The van der Waals surface area contributed by atoms with E-state index in [0.29, 0.717) is 36.4 Å². The molecule has 3 atom stereocenters. The van der Waals surface area contributed by atoms with Crippen LogP contribution in [-0.4, -0.2) is 92.5 Å². The smallest absolute Gasteiger partial charge is 0.389 e. The molecular weight excluding hydrogens is 602 g/mol. The lowest BCUT2D eigenvalue weighted by Crippen LogP contribution is -2.49. The van der Waals surface area contributed by atoms with Crippen molar-refractivity contribution in [3.8, 4) is 17.1 Å². The van der Waals surface area contributed by atoms with E-state index in [1.54, 1.807) is 19.1 Å². The van der Waals surface area contributed by atoms with Crippen molar-refractivity contribution in [1.29, 1.82) is 0 Å². The Balaban J connectivity index is 1.37. The van der Waals surface area contributed by atoms with Gasteiger partial charge in [-0.25, -0.2) is 27.8 Å². The summed E-state index contributed by atoms with van der Waals surface area (Å²) in [4.78, 5) is 14.0. The van der Waals surface area contributed by atoms with Crippen LogP contribution in [0.25, 0.3) is 17.1 Å². The summed E-state index contributed by atoms with van der Waals surface area (Å²) in [6, 6.07) is 4.46. The molecule has 228 valence electrons. The molecule has 3 aromatic rings. The van der Waals surface area contributed by atoms with Crippen LogP contribution in [0.1, 0.15) is 30.9 Å². The minimum Gasteiger partial charge on any atom is -0.389 e. The Labute approximate surface area is 245 Å². The third kappa shape index (κ3) is 6.86. The Kier molecular flexibility index (Phi) is 8.26. The number of anilines is 1. The van der Waals surface area contributed by atoms with Gasteiger partial charge in [0.05, 0.1) is 28.6 Å². The molecule has 5 rings (SSSR count). The first-order valence-electron chi connectivity index (χ1n) is 13.2. The Morgan fingerprint density at radius 1 is 1.24 bits per heavy atom. The Bertz CT molecular complexity index is 1570. The average molecular weight is 632 g/mol. The molecule has 0 radical (unpaired) electrons. The highest BCUT2D eigenvalue weighted by Gasteiger charge is 2.38. The molecule has 10 nitrogen and oxygen atoms in total.